The van der Waals surface area contributed by atoms with E-state index < -0.39 is 11.8 Å². The van der Waals surface area contributed by atoms with Gasteiger partial charge in [0.05, 0.1) is 12.8 Å². The summed E-state index contributed by atoms with van der Waals surface area (Å²) in [6, 6.07) is 11.3. The van der Waals surface area contributed by atoms with E-state index in [0.29, 0.717) is 35.7 Å². The minimum atomic E-state index is -0.846. The number of ether oxygens (including phenoxy) is 2. The normalized spacial score (nSPS) is 11.7. The Morgan fingerprint density at radius 3 is 2.57 bits per heavy atom. The van der Waals surface area contributed by atoms with Gasteiger partial charge in [-0.15, -0.1) is 0 Å². The number of amides is 2. The average molecular weight is 415 g/mol. The molecule has 0 aliphatic rings. The summed E-state index contributed by atoms with van der Waals surface area (Å²) in [5, 5.41) is 6.36. The Morgan fingerprint density at radius 1 is 1.10 bits per heavy atom. The lowest BCUT2D eigenvalue weighted by molar-refractivity contribution is -0.139. The van der Waals surface area contributed by atoms with Crippen molar-refractivity contribution in [2.45, 2.75) is 39.8 Å². The van der Waals surface area contributed by atoms with Crippen molar-refractivity contribution in [3.8, 4) is 11.5 Å². The molecule has 0 heterocycles. The van der Waals surface area contributed by atoms with E-state index in [1.807, 2.05) is 13.8 Å². The predicted molar refractivity (Wildman–Crippen MR) is 112 cm³/mol. The maximum absolute atomic E-state index is 13.8. The molecule has 0 fully saturated rings. The minimum absolute atomic E-state index is 0.0571. The summed E-state index contributed by atoms with van der Waals surface area (Å²) in [6.45, 7) is 6.00. The summed E-state index contributed by atoms with van der Waals surface area (Å²) < 4.78 is 25.1. The van der Waals surface area contributed by atoms with Crippen LogP contribution < -0.4 is 20.2 Å². The molecule has 160 valence electrons. The van der Waals surface area contributed by atoms with Crippen molar-refractivity contribution < 1.29 is 23.5 Å². The number of nitrogens with zero attached hydrogens (tertiary/aromatic N) is 1. The van der Waals surface area contributed by atoms with Crippen LogP contribution in [0.1, 0.15) is 38.3 Å². The van der Waals surface area contributed by atoms with Gasteiger partial charge >= 0.3 is 11.8 Å². The molecule has 0 aromatic heterocycles. The maximum atomic E-state index is 13.8. The fourth-order valence-corrected chi connectivity index (χ4v) is 2.37. The van der Waals surface area contributed by atoms with Gasteiger partial charge in [0.15, 0.2) is 11.5 Å². The molecule has 0 spiro atoms. The molecule has 7 nitrogen and oxygen atoms in total. The third-order valence-electron chi connectivity index (χ3n) is 4.18. The molecule has 2 aromatic rings. The monoisotopic (exact) mass is 415 g/mol. The molecular formula is C22H26FN3O4. The molecule has 0 aliphatic carbocycles. The average Bonchev–Trinajstić information content (AvgIpc) is 2.74. The minimum Gasteiger partial charge on any atom is -0.490 e. The summed E-state index contributed by atoms with van der Waals surface area (Å²) in [5.74, 6) is -1.02. The number of hydrazone groups is 1. The molecule has 2 N–H and O–H groups in total. The molecule has 2 rings (SSSR count). The smallest absolute Gasteiger partial charge is 0.329 e. The van der Waals surface area contributed by atoms with Gasteiger partial charge in [0.2, 0.25) is 0 Å². The molecule has 0 bridgehead atoms. The van der Waals surface area contributed by atoms with Crippen molar-refractivity contribution in [1.82, 2.24) is 10.7 Å². The standard InChI is InChI=1S/C22H26FN3O4/c1-4-15(3)25-21(27)22(28)26-24-13-16-10-11-19(20(12-16)29-5-2)30-14-17-8-6-7-9-18(17)23/h6-13,15H,4-5,14H2,1-3H3,(H,25,27)(H,26,28)/b24-13-/t15-/m1/s1. The van der Waals surface area contributed by atoms with E-state index in [2.05, 4.69) is 15.8 Å². The van der Waals surface area contributed by atoms with Gasteiger partial charge in [-0.25, -0.2) is 9.82 Å². The molecule has 0 saturated heterocycles. The lowest BCUT2D eigenvalue weighted by Crippen LogP contribution is -2.41. The number of carbonyl (C=O) groups is 2. The van der Waals surface area contributed by atoms with Crippen LogP contribution in [0.25, 0.3) is 0 Å². The van der Waals surface area contributed by atoms with Crippen LogP contribution in [0.2, 0.25) is 0 Å². The first-order valence-corrected chi connectivity index (χ1v) is 9.71. The summed E-state index contributed by atoms with van der Waals surface area (Å²) in [5.41, 5.74) is 3.24. The quantitative estimate of drug-likeness (QED) is 0.374. The first-order chi connectivity index (χ1) is 14.4. The third-order valence-corrected chi connectivity index (χ3v) is 4.18. The molecule has 1 atom stereocenters. The Labute approximate surface area is 175 Å². The molecule has 30 heavy (non-hydrogen) atoms. The van der Waals surface area contributed by atoms with Crippen LogP contribution in [0.3, 0.4) is 0 Å². The number of hydrogen-bond acceptors (Lipinski definition) is 5. The Hall–Kier alpha value is -3.42. The van der Waals surface area contributed by atoms with Crippen LogP contribution >= 0.6 is 0 Å². The van der Waals surface area contributed by atoms with E-state index in [4.69, 9.17) is 9.47 Å². The fourth-order valence-electron chi connectivity index (χ4n) is 2.37. The van der Waals surface area contributed by atoms with Gasteiger partial charge in [0.25, 0.3) is 0 Å². The summed E-state index contributed by atoms with van der Waals surface area (Å²) in [6.07, 6.45) is 2.10. The molecule has 0 radical (unpaired) electrons. The molecule has 0 saturated carbocycles. The molecule has 2 aromatic carbocycles. The molecular weight excluding hydrogens is 389 g/mol. The van der Waals surface area contributed by atoms with Gasteiger partial charge < -0.3 is 14.8 Å². The maximum Gasteiger partial charge on any atom is 0.329 e. The van der Waals surface area contributed by atoms with Crippen molar-refractivity contribution in [3.05, 3.63) is 59.4 Å². The van der Waals surface area contributed by atoms with Gasteiger partial charge in [-0.3, -0.25) is 9.59 Å². The second kappa shape index (κ2) is 11.5. The lowest BCUT2D eigenvalue weighted by Gasteiger charge is -2.13. The first kappa shape index (κ1) is 22.9. The number of nitrogens with one attached hydrogen (secondary N) is 2. The highest BCUT2D eigenvalue weighted by molar-refractivity contribution is 6.35. The van der Waals surface area contributed by atoms with E-state index in [9.17, 15) is 14.0 Å². The van der Waals surface area contributed by atoms with E-state index in [1.54, 1.807) is 43.3 Å². The first-order valence-electron chi connectivity index (χ1n) is 9.71. The summed E-state index contributed by atoms with van der Waals surface area (Å²) in [4.78, 5) is 23.4. The third kappa shape index (κ3) is 6.88. The van der Waals surface area contributed by atoms with Crippen molar-refractivity contribution >= 4 is 18.0 Å². The van der Waals surface area contributed by atoms with E-state index in [0.717, 1.165) is 0 Å². The molecule has 0 unspecified atom stereocenters. The Bertz CT molecular complexity index is 902. The Balaban J connectivity index is 2.01. The van der Waals surface area contributed by atoms with Crippen LogP contribution in [-0.4, -0.2) is 30.7 Å². The van der Waals surface area contributed by atoms with Crippen LogP contribution in [0.5, 0.6) is 11.5 Å². The summed E-state index contributed by atoms with van der Waals surface area (Å²) in [7, 11) is 0. The molecule has 2 amide bonds. The Kier molecular flexibility index (Phi) is 8.80. The van der Waals surface area contributed by atoms with Gasteiger partial charge in [-0.2, -0.15) is 5.10 Å². The summed E-state index contributed by atoms with van der Waals surface area (Å²) >= 11 is 0. The van der Waals surface area contributed by atoms with E-state index >= 15 is 0 Å². The molecule has 8 heteroatoms. The predicted octanol–water partition coefficient (Wildman–Crippen LogP) is 3.17. The number of hydrogen-bond donors (Lipinski definition) is 2. The second-order valence-corrected chi connectivity index (χ2v) is 6.50. The SMILES string of the molecule is CCOc1cc(/C=N\NC(=O)C(=O)N[C@H](C)CC)ccc1OCc1ccccc1F. The molecule has 0 aliphatic heterocycles. The highest BCUT2D eigenvalue weighted by atomic mass is 19.1. The number of carbonyl (C=O) groups excluding carboxylic acids is 2. The second-order valence-electron chi connectivity index (χ2n) is 6.50. The number of benzene rings is 2. The van der Waals surface area contributed by atoms with Gasteiger partial charge in [0, 0.05) is 11.6 Å². The van der Waals surface area contributed by atoms with Crippen LogP contribution in [0.4, 0.5) is 4.39 Å². The lowest BCUT2D eigenvalue weighted by atomic mass is 10.2. The van der Waals surface area contributed by atoms with Crippen LogP contribution in [-0.2, 0) is 16.2 Å². The number of halogens is 1. The van der Waals surface area contributed by atoms with Crippen molar-refractivity contribution in [2.75, 3.05) is 6.61 Å². The Morgan fingerprint density at radius 2 is 1.87 bits per heavy atom. The topological polar surface area (TPSA) is 89.0 Å². The van der Waals surface area contributed by atoms with Gasteiger partial charge in [-0.1, -0.05) is 25.1 Å². The zero-order chi connectivity index (χ0) is 21.9. The van der Waals surface area contributed by atoms with Gasteiger partial charge in [0.1, 0.15) is 12.4 Å². The fraction of sp³-hybridized carbons (Fsp3) is 0.318. The van der Waals surface area contributed by atoms with Gasteiger partial charge in [-0.05, 0) is 50.1 Å². The highest BCUT2D eigenvalue weighted by Crippen LogP contribution is 2.29. The van der Waals surface area contributed by atoms with Crippen molar-refractivity contribution in [3.63, 3.8) is 0 Å². The zero-order valence-electron chi connectivity index (χ0n) is 17.3. The highest BCUT2D eigenvalue weighted by Gasteiger charge is 2.14. The van der Waals surface area contributed by atoms with Crippen LogP contribution in [0.15, 0.2) is 47.6 Å². The number of rotatable bonds is 9. The van der Waals surface area contributed by atoms with Crippen molar-refractivity contribution in [2.24, 2.45) is 5.10 Å². The van der Waals surface area contributed by atoms with Crippen molar-refractivity contribution in [1.29, 1.82) is 0 Å². The van der Waals surface area contributed by atoms with E-state index in [1.165, 1.54) is 12.3 Å². The van der Waals surface area contributed by atoms with Crippen LogP contribution in [0, 0.1) is 5.82 Å². The largest absolute Gasteiger partial charge is 0.490 e. The zero-order valence-corrected chi connectivity index (χ0v) is 17.3. The van der Waals surface area contributed by atoms with E-state index in [-0.39, 0.29) is 18.5 Å².